The van der Waals surface area contributed by atoms with Crippen molar-refractivity contribution in [1.29, 1.82) is 0 Å². The van der Waals surface area contributed by atoms with Crippen LogP contribution < -0.4 is 10.6 Å². The van der Waals surface area contributed by atoms with Gasteiger partial charge in [0.1, 0.15) is 5.82 Å². The van der Waals surface area contributed by atoms with Gasteiger partial charge in [-0.1, -0.05) is 0 Å². The number of amides is 2. The highest BCUT2D eigenvalue weighted by Crippen LogP contribution is 2.17. The van der Waals surface area contributed by atoms with Crippen molar-refractivity contribution < 1.29 is 9.18 Å². The quantitative estimate of drug-likeness (QED) is 0.901. The van der Waals surface area contributed by atoms with Gasteiger partial charge >= 0.3 is 6.03 Å². The maximum absolute atomic E-state index is 12.8. The third-order valence-corrected chi connectivity index (χ3v) is 3.49. The molecule has 1 aliphatic heterocycles. The van der Waals surface area contributed by atoms with Gasteiger partial charge in [0.05, 0.1) is 0 Å². The molecule has 2 N–H and O–H groups in total. The first-order valence-electron chi connectivity index (χ1n) is 6.65. The lowest BCUT2D eigenvalue weighted by atomic mass is 9.97. The zero-order chi connectivity index (χ0) is 13.7. The molecule has 0 spiro atoms. The minimum absolute atomic E-state index is 0. The van der Waals surface area contributed by atoms with E-state index in [9.17, 15) is 9.18 Å². The minimum atomic E-state index is -0.300. The first kappa shape index (κ1) is 16.7. The van der Waals surface area contributed by atoms with Crippen LogP contribution in [0.1, 0.15) is 12.8 Å². The summed E-state index contributed by atoms with van der Waals surface area (Å²) >= 11 is 0. The second-order valence-electron chi connectivity index (χ2n) is 4.93. The number of anilines is 1. The lowest BCUT2D eigenvalue weighted by Gasteiger charge is -2.31. The van der Waals surface area contributed by atoms with Gasteiger partial charge in [0.2, 0.25) is 0 Å². The molecule has 4 nitrogen and oxygen atoms in total. The van der Waals surface area contributed by atoms with Crippen LogP contribution >= 0.6 is 12.4 Å². The van der Waals surface area contributed by atoms with Crippen molar-refractivity contribution in [3.8, 4) is 0 Å². The van der Waals surface area contributed by atoms with Gasteiger partial charge in [0, 0.05) is 18.8 Å². The Kier molecular flexibility index (Phi) is 6.75. The molecule has 1 fully saturated rings. The van der Waals surface area contributed by atoms with Crippen LogP contribution in [0.4, 0.5) is 14.9 Å². The van der Waals surface area contributed by atoms with Crippen molar-refractivity contribution in [2.45, 2.75) is 12.8 Å². The van der Waals surface area contributed by atoms with Crippen LogP contribution in [-0.4, -0.2) is 37.6 Å². The van der Waals surface area contributed by atoms with Gasteiger partial charge in [-0.2, -0.15) is 0 Å². The number of nitrogens with zero attached hydrogens (tertiary/aromatic N) is 1. The van der Waals surface area contributed by atoms with E-state index in [0.29, 0.717) is 11.6 Å². The highest BCUT2D eigenvalue weighted by atomic mass is 35.5. The average Bonchev–Trinajstić information content (AvgIpc) is 2.42. The molecule has 0 unspecified atom stereocenters. The number of carbonyl (C=O) groups is 1. The molecule has 0 radical (unpaired) electrons. The van der Waals surface area contributed by atoms with E-state index < -0.39 is 0 Å². The number of piperidine rings is 1. The number of hydrogen-bond donors (Lipinski definition) is 2. The number of nitrogens with one attached hydrogen (secondary N) is 2. The molecule has 0 aromatic heterocycles. The predicted molar refractivity (Wildman–Crippen MR) is 80.9 cm³/mol. The molecule has 1 heterocycles. The smallest absolute Gasteiger partial charge is 0.321 e. The number of benzene rings is 1. The monoisotopic (exact) mass is 301 g/mol. The SMILES string of the molecule is CNCC1CCN(C(=O)Nc2ccc(F)cc2)CC1.Cl. The molecule has 6 heteroatoms. The fourth-order valence-corrected chi connectivity index (χ4v) is 2.36. The van der Waals surface area contributed by atoms with Crippen molar-refractivity contribution in [2.24, 2.45) is 5.92 Å². The van der Waals surface area contributed by atoms with E-state index in [1.165, 1.54) is 12.1 Å². The number of likely N-dealkylation sites (tertiary alicyclic amines) is 1. The first-order chi connectivity index (χ1) is 9.19. The summed E-state index contributed by atoms with van der Waals surface area (Å²) in [6.45, 7) is 2.56. The summed E-state index contributed by atoms with van der Waals surface area (Å²) in [5, 5.41) is 5.96. The summed E-state index contributed by atoms with van der Waals surface area (Å²) in [6.07, 6.45) is 2.05. The molecule has 0 bridgehead atoms. The third-order valence-electron chi connectivity index (χ3n) is 3.49. The van der Waals surface area contributed by atoms with Crippen molar-refractivity contribution in [1.82, 2.24) is 10.2 Å². The van der Waals surface area contributed by atoms with E-state index in [-0.39, 0.29) is 24.3 Å². The number of halogens is 2. The van der Waals surface area contributed by atoms with E-state index in [1.807, 2.05) is 11.9 Å². The average molecular weight is 302 g/mol. The molecular formula is C14H21ClFN3O. The number of rotatable bonds is 3. The number of hydrogen-bond acceptors (Lipinski definition) is 2. The standard InChI is InChI=1S/C14H20FN3O.ClH/c1-16-10-11-6-8-18(9-7-11)14(19)17-13-4-2-12(15)3-5-13;/h2-5,11,16H,6-10H2,1H3,(H,17,19);1H. The Morgan fingerprint density at radius 3 is 2.45 bits per heavy atom. The topological polar surface area (TPSA) is 44.4 Å². The Morgan fingerprint density at radius 1 is 1.30 bits per heavy atom. The molecule has 20 heavy (non-hydrogen) atoms. The van der Waals surface area contributed by atoms with Gasteiger partial charge < -0.3 is 15.5 Å². The predicted octanol–water partition coefficient (Wildman–Crippen LogP) is 2.71. The molecule has 2 rings (SSSR count). The molecule has 1 aliphatic rings. The maximum atomic E-state index is 12.8. The highest BCUT2D eigenvalue weighted by Gasteiger charge is 2.22. The Labute approximate surface area is 125 Å². The second-order valence-corrected chi connectivity index (χ2v) is 4.93. The molecule has 1 saturated heterocycles. The summed E-state index contributed by atoms with van der Waals surface area (Å²) in [5.41, 5.74) is 0.628. The summed E-state index contributed by atoms with van der Waals surface area (Å²) in [5.74, 6) is 0.353. The lowest BCUT2D eigenvalue weighted by Crippen LogP contribution is -2.42. The van der Waals surface area contributed by atoms with Crippen LogP contribution in [0.3, 0.4) is 0 Å². The largest absolute Gasteiger partial charge is 0.325 e. The van der Waals surface area contributed by atoms with Crippen molar-refractivity contribution in [3.63, 3.8) is 0 Å². The van der Waals surface area contributed by atoms with Crippen LogP contribution in [0.15, 0.2) is 24.3 Å². The molecule has 1 aromatic carbocycles. The fraction of sp³-hybridized carbons (Fsp3) is 0.500. The summed E-state index contributed by atoms with van der Waals surface area (Å²) in [7, 11) is 1.95. The molecule has 1 aromatic rings. The van der Waals surface area contributed by atoms with Gasteiger partial charge in [-0.25, -0.2) is 9.18 Å². The molecule has 0 atom stereocenters. The van der Waals surface area contributed by atoms with Crippen molar-refractivity contribution in [3.05, 3.63) is 30.1 Å². The fourth-order valence-electron chi connectivity index (χ4n) is 2.36. The zero-order valence-electron chi connectivity index (χ0n) is 11.6. The van der Waals surface area contributed by atoms with Gasteiger partial charge in [-0.15, -0.1) is 12.4 Å². The Bertz CT molecular complexity index is 419. The van der Waals surface area contributed by atoms with Gasteiger partial charge in [-0.05, 0) is 56.6 Å². The van der Waals surface area contributed by atoms with E-state index in [1.54, 1.807) is 12.1 Å². The van der Waals surface area contributed by atoms with Crippen LogP contribution in [0.2, 0.25) is 0 Å². The van der Waals surface area contributed by atoms with E-state index >= 15 is 0 Å². The third kappa shape index (κ3) is 4.65. The van der Waals surface area contributed by atoms with Crippen molar-refractivity contribution in [2.75, 3.05) is 32.0 Å². The van der Waals surface area contributed by atoms with Crippen molar-refractivity contribution >= 4 is 24.1 Å². The molecular weight excluding hydrogens is 281 g/mol. The molecule has 2 amide bonds. The molecule has 0 aliphatic carbocycles. The van der Waals surface area contributed by atoms with Gasteiger partial charge in [-0.3, -0.25) is 0 Å². The van der Waals surface area contributed by atoms with Crippen LogP contribution in [0.25, 0.3) is 0 Å². The van der Waals surface area contributed by atoms with E-state index in [0.717, 1.165) is 32.5 Å². The van der Waals surface area contributed by atoms with Crippen LogP contribution in [-0.2, 0) is 0 Å². The highest BCUT2D eigenvalue weighted by molar-refractivity contribution is 5.89. The molecule has 0 saturated carbocycles. The summed E-state index contributed by atoms with van der Waals surface area (Å²) < 4.78 is 12.8. The zero-order valence-corrected chi connectivity index (χ0v) is 12.4. The number of carbonyl (C=O) groups excluding carboxylic acids is 1. The summed E-state index contributed by atoms with van der Waals surface area (Å²) in [6, 6.07) is 5.72. The Balaban J connectivity index is 0.00000200. The van der Waals surface area contributed by atoms with Gasteiger partial charge in [0.25, 0.3) is 0 Å². The van der Waals surface area contributed by atoms with Crippen LogP contribution in [0.5, 0.6) is 0 Å². The van der Waals surface area contributed by atoms with Crippen LogP contribution in [0, 0.1) is 11.7 Å². The van der Waals surface area contributed by atoms with E-state index in [2.05, 4.69) is 10.6 Å². The normalized spacial score (nSPS) is 15.6. The summed E-state index contributed by atoms with van der Waals surface area (Å²) in [4.78, 5) is 13.8. The van der Waals surface area contributed by atoms with Gasteiger partial charge in [0.15, 0.2) is 0 Å². The first-order valence-corrected chi connectivity index (χ1v) is 6.65. The number of urea groups is 1. The minimum Gasteiger partial charge on any atom is -0.325 e. The van der Waals surface area contributed by atoms with E-state index in [4.69, 9.17) is 0 Å². The lowest BCUT2D eigenvalue weighted by molar-refractivity contribution is 0.182. The second kappa shape index (κ2) is 8.07. The Morgan fingerprint density at radius 2 is 1.90 bits per heavy atom. The Hall–Kier alpha value is -1.33. The maximum Gasteiger partial charge on any atom is 0.321 e. The molecule has 112 valence electrons.